The lowest BCUT2D eigenvalue weighted by Crippen LogP contribution is -2.25. The van der Waals surface area contributed by atoms with Crippen LogP contribution in [-0.2, 0) is 12.3 Å². The fourth-order valence-corrected chi connectivity index (χ4v) is 4.90. The molecule has 3 nitrogen and oxygen atoms in total. The quantitative estimate of drug-likeness (QED) is 0.400. The van der Waals surface area contributed by atoms with Crippen LogP contribution in [0.5, 0.6) is 0 Å². The van der Waals surface area contributed by atoms with Crippen molar-refractivity contribution in [3.63, 3.8) is 0 Å². The maximum atomic E-state index is 13.1. The lowest BCUT2D eigenvalue weighted by molar-refractivity contribution is 0.475. The predicted molar refractivity (Wildman–Crippen MR) is 121 cm³/mol. The molecular weight excluding hydrogens is 364 g/mol. The smallest absolute Gasteiger partial charge is 0.262 e. The van der Waals surface area contributed by atoms with Crippen molar-refractivity contribution in [3.8, 4) is 0 Å². The van der Waals surface area contributed by atoms with Gasteiger partial charge < -0.3 is 0 Å². The molecule has 0 aliphatic heterocycles. The van der Waals surface area contributed by atoms with Gasteiger partial charge in [-0.25, -0.2) is 4.98 Å². The number of para-hydroxylation sites is 1. The summed E-state index contributed by atoms with van der Waals surface area (Å²) in [6, 6.07) is 7.65. The summed E-state index contributed by atoms with van der Waals surface area (Å²) in [6.45, 7) is 16.0. The van der Waals surface area contributed by atoms with Crippen LogP contribution < -0.4 is 5.56 Å². The molecule has 0 amide bonds. The molecule has 0 N–H and O–H groups in total. The first-order chi connectivity index (χ1) is 13.2. The van der Waals surface area contributed by atoms with E-state index in [2.05, 4.69) is 48.5 Å². The molecule has 0 saturated carbocycles. The zero-order valence-corrected chi connectivity index (χ0v) is 18.8. The highest BCUT2D eigenvalue weighted by Gasteiger charge is 2.16. The predicted octanol–water partition coefficient (Wildman–Crippen LogP) is 5.89. The number of hydrogen-bond acceptors (Lipinski definition) is 3. The highest BCUT2D eigenvalue weighted by atomic mass is 32.2. The van der Waals surface area contributed by atoms with Crippen molar-refractivity contribution in [1.29, 1.82) is 0 Å². The van der Waals surface area contributed by atoms with Crippen molar-refractivity contribution in [2.45, 2.75) is 65.9 Å². The number of fused-ring (bicyclic) bond motifs is 1. The van der Waals surface area contributed by atoms with Crippen LogP contribution in [0.1, 0.15) is 47.2 Å². The molecule has 1 heterocycles. The zero-order chi connectivity index (χ0) is 20.6. The minimum atomic E-state index is 0.0616. The Bertz CT molecular complexity index is 1070. The average Bonchev–Trinajstić information content (AvgIpc) is 2.67. The molecule has 2 aromatic carbocycles. The van der Waals surface area contributed by atoms with Gasteiger partial charge in [0.25, 0.3) is 5.56 Å². The Morgan fingerprint density at radius 1 is 0.929 bits per heavy atom. The van der Waals surface area contributed by atoms with Crippen molar-refractivity contribution in [3.05, 3.63) is 68.0 Å². The molecule has 0 atom stereocenters. The van der Waals surface area contributed by atoms with E-state index in [1.54, 1.807) is 11.8 Å². The molecule has 4 heteroatoms. The first-order valence-corrected chi connectivity index (χ1v) is 10.9. The molecule has 0 unspecified atom stereocenters. The fourth-order valence-electron chi connectivity index (χ4n) is 3.71. The van der Waals surface area contributed by atoms with Gasteiger partial charge in [0.15, 0.2) is 5.16 Å². The normalized spacial score (nSPS) is 11.6. The number of thioether (sulfide) groups is 1. The van der Waals surface area contributed by atoms with Crippen LogP contribution in [0, 0.1) is 40.5 Å². The van der Waals surface area contributed by atoms with E-state index in [1.165, 1.54) is 33.4 Å². The molecule has 0 saturated heterocycles. The van der Waals surface area contributed by atoms with Gasteiger partial charge in [-0.2, -0.15) is 0 Å². The van der Waals surface area contributed by atoms with Gasteiger partial charge in [-0.3, -0.25) is 9.36 Å². The van der Waals surface area contributed by atoms with Crippen molar-refractivity contribution in [1.82, 2.24) is 9.55 Å². The average molecular weight is 395 g/mol. The standard InChI is InChI=1S/C24H30N2OS/c1-14(2)12-26-23(27)20-10-8-9-11-22(20)25-24(26)28-13-21-18(6)16(4)15(3)17(5)19(21)7/h8-11,14H,12-13H2,1-7H3. The SMILES string of the molecule is Cc1c(C)c(C)c(CSc2nc3ccccc3c(=O)n2CC(C)C)c(C)c1C. The van der Waals surface area contributed by atoms with E-state index in [0.717, 1.165) is 16.4 Å². The van der Waals surface area contributed by atoms with Crippen LogP contribution in [0.25, 0.3) is 10.9 Å². The lowest BCUT2D eigenvalue weighted by atomic mass is 9.90. The van der Waals surface area contributed by atoms with E-state index in [1.807, 2.05) is 28.8 Å². The van der Waals surface area contributed by atoms with Crippen LogP contribution >= 0.6 is 11.8 Å². The van der Waals surface area contributed by atoms with Gasteiger partial charge in [-0.1, -0.05) is 37.7 Å². The van der Waals surface area contributed by atoms with Gasteiger partial charge in [0.05, 0.1) is 10.9 Å². The second-order valence-electron chi connectivity index (χ2n) is 8.11. The van der Waals surface area contributed by atoms with Gasteiger partial charge in [-0.05, 0) is 86.1 Å². The topological polar surface area (TPSA) is 34.9 Å². The van der Waals surface area contributed by atoms with Gasteiger partial charge in [0.1, 0.15) is 0 Å². The van der Waals surface area contributed by atoms with Crippen molar-refractivity contribution in [2.24, 2.45) is 5.92 Å². The Morgan fingerprint density at radius 2 is 1.50 bits per heavy atom. The molecular formula is C24H30N2OS. The van der Waals surface area contributed by atoms with Crippen LogP contribution in [0.3, 0.4) is 0 Å². The lowest BCUT2D eigenvalue weighted by Gasteiger charge is -2.19. The van der Waals surface area contributed by atoms with Crippen molar-refractivity contribution < 1.29 is 0 Å². The highest BCUT2D eigenvalue weighted by Crippen LogP contribution is 2.31. The number of aromatic nitrogens is 2. The van der Waals surface area contributed by atoms with Gasteiger partial charge in [-0.15, -0.1) is 0 Å². The molecule has 148 valence electrons. The first kappa shape index (κ1) is 20.7. The summed E-state index contributed by atoms with van der Waals surface area (Å²) in [4.78, 5) is 17.9. The van der Waals surface area contributed by atoms with Crippen LogP contribution in [-0.4, -0.2) is 9.55 Å². The molecule has 0 bridgehead atoms. The summed E-state index contributed by atoms with van der Waals surface area (Å²) in [5.41, 5.74) is 9.02. The second kappa shape index (κ2) is 8.12. The van der Waals surface area contributed by atoms with Gasteiger partial charge >= 0.3 is 0 Å². The number of hydrogen-bond donors (Lipinski definition) is 0. The second-order valence-corrected chi connectivity index (χ2v) is 9.06. The number of nitrogens with zero attached hydrogens (tertiary/aromatic N) is 2. The molecule has 28 heavy (non-hydrogen) atoms. The maximum absolute atomic E-state index is 13.1. The number of rotatable bonds is 5. The van der Waals surface area contributed by atoms with Crippen molar-refractivity contribution >= 4 is 22.7 Å². The van der Waals surface area contributed by atoms with Crippen LogP contribution in [0.15, 0.2) is 34.2 Å². The van der Waals surface area contributed by atoms with Gasteiger partial charge in [0.2, 0.25) is 0 Å². The molecule has 0 fully saturated rings. The molecule has 3 rings (SSSR count). The summed E-state index contributed by atoms with van der Waals surface area (Å²) in [5.74, 6) is 1.20. The fraction of sp³-hybridized carbons (Fsp3) is 0.417. The molecule has 0 spiro atoms. The summed E-state index contributed by atoms with van der Waals surface area (Å²) in [6.07, 6.45) is 0. The van der Waals surface area contributed by atoms with E-state index in [4.69, 9.17) is 4.98 Å². The zero-order valence-electron chi connectivity index (χ0n) is 18.0. The van der Waals surface area contributed by atoms with Crippen LogP contribution in [0.2, 0.25) is 0 Å². The Hall–Kier alpha value is -2.07. The minimum absolute atomic E-state index is 0.0616. The van der Waals surface area contributed by atoms with Gasteiger partial charge in [0, 0.05) is 12.3 Å². The summed E-state index contributed by atoms with van der Waals surface area (Å²) < 4.78 is 1.86. The molecule has 3 aromatic rings. The van der Waals surface area contributed by atoms with Crippen LogP contribution in [0.4, 0.5) is 0 Å². The Labute approximate surface area is 172 Å². The summed E-state index contributed by atoms with van der Waals surface area (Å²) in [5, 5.41) is 1.51. The highest BCUT2D eigenvalue weighted by molar-refractivity contribution is 7.98. The van der Waals surface area contributed by atoms with E-state index < -0.39 is 0 Å². The third kappa shape index (κ3) is 3.75. The summed E-state index contributed by atoms with van der Waals surface area (Å²) in [7, 11) is 0. The molecule has 1 aromatic heterocycles. The Kier molecular flexibility index (Phi) is 5.99. The first-order valence-electron chi connectivity index (χ1n) is 9.90. The van der Waals surface area contributed by atoms with E-state index in [9.17, 15) is 4.79 Å². The Morgan fingerprint density at radius 3 is 2.11 bits per heavy atom. The van der Waals surface area contributed by atoms with E-state index >= 15 is 0 Å². The van der Waals surface area contributed by atoms with E-state index in [0.29, 0.717) is 17.8 Å². The minimum Gasteiger partial charge on any atom is -0.287 e. The molecule has 0 aliphatic rings. The third-order valence-corrected chi connectivity index (χ3v) is 6.88. The number of benzene rings is 2. The molecule has 0 aliphatic carbocycles. The largest absolute Gasteiger partial charge is 0.287 e. The van der Waals surface area contributed by atoms with Crippen molar-refractivity contribution in [2.75, 3.05) is 0 Å². The maximum Gasteiger partial charge on any atom is 0.262 e. The summed E-state index contributed by atoms with van der Waals surface area (Å²) >= 11 is 1.67. The monoisotopic (exact) mass is 394 g/mol. The third-order valence-electron chi connectivity index (χ3n) is 5.88. The van der Waals surface area contributed by atoms with E-state index in [-0.39, 0.29) is 5.56 Å². The Balaban J connectivity index is 2.07. The molecule has 0 radical (unpaired) electrons.